The van der Waals surface area contributed by atoms with Crippen molar-refractivity contribution in [3.63, 3.8) is 0 Å². The Kier molecular flexibility index (Phi) is 6.52. The van der Waals surface area contributed by atoms with E-state index in [2.05, 4.69) is 10.6 Å². The number of nitrogens with zero attached hydrogens (tertiary/aromatic N) is 1. The average Bonchev–Trinajstić information content (AvgIpc) is 3.08. The molecule has 0 unspecified atom stereocenters. The summed E-state index contributed by atoms with van der Waals surface area (Å²) in [7, 11) is 0. The number of carbonyl (C=O) groups excluding carboxylic acids is 1. The third-order valence-electron chi connectivity index (χ3n) is 4.73. The van der Waals surface area contributed by atoms with E-state index in [-0.39, 0.29) is 11.9 Å². The molecule has 1 aliphatic heterocycles. The predicted octanol–water partition coefficient (Wildman–Crippen LogP) is 4.18. The van der Waals surface area contributed by atoms with Gasteiger partial charge in [-0.3, -0.25) is 4.79 Å². The summed E-state index contributed by atoms with van der Waals surface area (Å²) in [5.41, 5.74) is 4.10. The summed E-state index contributed by atoms with van der Waals surface area (Å²) in [5, 5.41) is 6.98. The van der Waals surface area contributed by atoms with E-state index in [0.29, 0.717) is 18.1 Å². The monoisotopic (exact) mass is 397 g/mol. The van der Waals surface area contributed by atoms with Gasteiger partial charge in [-0.25, -0.2) is 0 Å². The molecule has 148 valence electrons. The second kappa shape index (κ2) is 9.06. The average molecular weight is 398 g/mol. The Morgan fingerprint density at radius 1 is 1.21 bits per heavy atom. The number of anilines is 2. The Morgan fingerprint density at radius 2 is 1.96 bits per heavy atom. The topological polar surface area (TPSA) is 53.6 Å². The van der Waals surface area contributed by atoms with Gasteiger partial charge in [-0.1, -0.05) is 23.8 Å². The van der Waals surface area contributed by atoms with Crippen LogP contribution >= 0.6 is 12.2 Å². The first-order chi connectivity index (χ1) is 13.4. The van der Waals surface area contributed by atoms with E-state index in [4.69, 9.17) is 17.0 Å². The number of thiocarbonyl (C=S) groups is 1. The fourth-order valence-electron chi connectivity index (χ4n) is 3.17. The Morgan fingerprint density at radius 3 is 2.64 bits per heavy atom. The van der Waals surface area contributed by atoms with E-state index in [1.54, 1.807) is 0 Å². The zero-order valence-electron chi connectivity index (χ0n) is 16.6. The van der Waals surface area contributed by atoms with Crippen LogP contribution in [0.5, 0.6) is 5.75 Å². The fraction of sp³-hybridized carbons (Fsp3) is 0.364. The van der Waals surface area contributed by atoms with Gasteiger partial charge in [-0.2, -0.15) is 0 Å². The minimum absolute atomic E-state index is 0.0476. The second-order valence-corrected chi connectivity index (χ2v) is 7.68. The van der Waals surface area contributed by atoms with Crippen molar-refractivity contribution in [2.24, 2.45) is 0 Å². The third-order valence-corrected chi connectivity index (χ3v) is 4.95. The highest BCUT2D eigenvalue weighted by Gasteiger charge is 2.23. The van der Waals surface area contributed by atoms with Gasteiger partial charge < -0.3 is 20.3 Å². The largest absolute Gasteiger partial charge is 0.491 e. The van der Waals surface area contributed by atoms with Crippen molar-refractivity contribution in [3.8, 4) is 5.75 Å². The molecule has 3 rings (SSSR count). The molecule has 1 fully saturated rings. The summed E-state index contributed by atoms with van der Waals surface area (Å²) in [6, 6.07) is 14.0. The molecule has 1 heterocycles. The van der Waals surface area contributed by atoms with Crippen LogP contribution in [0.2, 0.25) is 0 Å². The molecule has 2 aromatic carbocycles. The zero-order valence-corrected chi connectivity index (χ0v) is 17.4. The Bertz CT molecular complexity index is 851. The van der Waals surface area contributed by atoms with E-state index < -0.39 is 0 Å². The van der Waals surface area contributed by atoms with E-state index in [1.165, 1.54) is 5.56 Å². The van der Waals surface area contributed by atoms with Gasteiger partial charge in [-0.15, -0.1) is 0 Å². The molecule has 1 saturated heterocycles. The maximum atomic E-state index is 12.1. The Hall–Kier alpha value is -2.60. The molecule has 1 amide bonds. The first-order valence-corrected chi connectivity index (χ1v) is 10.0. The molecule has 6 heteroatoms. The van der Waals surface area contributed by atoms with Crippen LogP contribution in [0, 0.1) is 13.8 Å². The molecule has 0 bridgehead atoms. The molecule has 0 aliphatic carbocycles. The molecule has 1 aliphatic rings. The predicted molar refractivity (Wildman–Crippen MR) is 118 cm³/mol. The van der Waals surface area contributed by atoms with Gasteiger partial charge in [0.05, 0.1) is 6.04 Å². The summed E-state index contributed by atoms with van der Waals surface area (Å²) in [4.78, 5) is 13.9. The summed E-state index contributed by atoms with van der Waals surface area (Å²) in [5.74, 6) is 1.03. The third kappa shape index (κ3) is 5.23. The van der Waals surface area contributed by atoms with Crippen LogP contribution in [0.15, 0.2) is 42.5 Å². The molecule has 1 atom stereocenters. The molecular weight excluding hydrogens is 370 g/mol. The maximum absolute atomic E-state index is 12.1. The van der Waals surface area contributed by atoms with Gasteiger partial charge in [0.15, 0.2) is 5.11 Å². The van der Waals surface area contributed by atoms with Gasteiger partial charge >= 0.3 is 0 Å². The number of carbonyl (C=O) groups is 1. The Labute approximate surface area is 172 Å². The lowest BCUT2D eigenvalue weighted by Gasteiger charge is -2.21. The van der Waals surface area contributed by atoms with Crippen LogP contribution in [0.25, 0.3) is 0 Å². The van der Waals surface area contributed by atoms with E-state index in [0.717, 1.165) is 35.7 Å². The van der Waals surface area contributed by atoms with Crippen LogP contribution < -0.4 is 20.3 Å². The molecule has 2 aromatic rings. The van der Waals surface area contributed by atoms with Crippen LogP contribution in [0.4, 0.5) is 11.4 Å². The molecule has 0 aromatic heterocycles. The lowest BCUT2D eigenvalue weighted by atomic mass is 10.1. The lowest BCUT2D eigenvalue weighted by Crippen LogP contribution is -2.39. The van der Waals surface area contributed by atoms with Gasteiger partial charge in [0, 0.05) is 24.3 Å². The molecule has 2 N–H and O–H groups in total. The number of aryl methyl sites for hydroxylation is 2. The highest BCUT2D eigenvalue weighted by Crippen LogP contribution is 2.28. The highest BCUT2D eigenvalue weighted by atomic mass is 32.1. The fourth-order valence-corrected chi connectivity index (χ4v) is 3.49. The standard InChI is InChI=1S/C22H27N3O2S/c1-15-6-10-19(11-7-15)27-14-17(3)23-22(28)24-18-9-8-16(2)20(13-18)25-12-4-5-21(25)26/h6-11,13,17H,4-5,12,14H2,1-3H3,(H2,23,24,28)/t17-/m1/s1. The number of ether oxygens (including phenoxy) is 1. The molecule has 5 nitrogen and oxygen atoms in total. The van der Waals surface area contributed by atoms with Crippen molar-refractivity contribution in [2.45, 2.75) is 39.7 Å². The zero-order chi connectivity index (χ0) is 20.1. The molecular formula is C22H27N3O2S. The first-order valence-electron chi connectivity index (χ1n) is 9.60. The first kappa shape index (κ1) is 20.1. The van der Waals surface area contributed by atoms with Gasteiger partial charge in [0.2, 0.25) is 5.91 Å². The number of rotatable bonds is 6. The smallest absolute Gasteiger partial charge is 0.227 e. The normalized spacial score (nSPS) is 14.7. The lowest BCUT2D eigenvalue weighted by molar-refractivity contribution is -0.117. The van der Waals surface area contributed by atoms with E-state index >= 15 is 0 Å². The molecule has 28 heavy (non-hydrogen) atoms. The summed E-state index contributed by atoms with van der Waals surface area (Å²) in [6.45, 7) is 7.37. The highest BCUT2D eigenvalue weighted by molar-refractivity contribution is 7.80. The van der Waals surface area contributed by atoms with Crippen molar-refractivity contribution < 1.29 is 9.53 Å². The number of hydrogen-bond donors (Lipinski definition) is 2. The maximum Gasteiger partial charge on any atom is 0.227 e. The number of nitrogens with one attached hydrogen (secondary N) is 2. The van der Waals surface area contributed by atoms with Crippen molar-refractivity contribution in [1.29, 1.82) is 0 Å². The molecule has 0 spiro atoms. The number of amides is 1. The molecule has 0 radical (unpaired) electrons. The van der Waals surface area contributed by atoms with Crippen molar-refractivity contribution in [3.05, 3.63) is 53.6 Å². The van der Waals surface area contributed by atoms with Crippen molar-refractivity contribution >= 4 is 34.6 Å². The van der Waals surface area contributed by atoms with Crippen molar-refractivity contribution in [2.75, 3.05) is 23.4 Å². The van der Waals surface area contributed by atoms with Gasteiger partial charge in [-0.05, 0) is 69.2 Å². The van der Waals surface area contributed by atoms with Gasteiger partial charge in [0.25, 0.3) is 0 Å². The summed E-state index contributed by atoms with van der Waals surface area (Å²) < 4.78 is 5.79. The van der Waals surface area contributed by atoms with Gasteiger partial charge in [0.1, 0.15) is 12.4 Å². The van der Waals surface area contributed by atoms with Crippen LogP contribution in [-0.2, 0) is 4.79 Å². The number of benzene rings is 2. The second-order valence-electron chi connectivity index (χ2n) is 7.27. The summed E-state index contributed by atoms with van der Waals surface area (Å²) >= 11 is 5.44. The summed E-state index contributed by atoms with van der Waals surface area (Å²) in [6.07, 6.45) is 1.53. The van der Waals surface area contributed by atoms with E-state index in [1.807, 2.05) is 68.1 Å². The van der Waals surface area contributed by atoms with Crippen molar-refractivity contribution in [1.82, 2.24) is 5.32 Å². The minimum Gasteiger partial charge on any atom is -0.491 e. The van der Waals surface area contributed by atoms with Crippen LogP contribution in [0.1, 0.15) is 30.9 Å². The molecule has 0 saturated carbocycles. The SMILES string of the molecule is Cc1ccc(OC[C@@H](C)NC(=S)Nc2ccc(C)c(N3CCCC3=O)c2)cc1. The van der Waals surface area contributed by atoms with E-state index in [9.17, 15) is 4.79 Å². The number of hydrogen-bond acceptors (Lipinski definition) is 3. The Balaban J connectivity index is 1.54. The minimum atomic E-state index is 0.0476. The van der Waals surface area contributed by atoms with Crippen LogP contribution in [0.3, 0.4) is 0 Å². The van der Waals surface area contributed by atoms with Crippen LogP contribution in [-0.4, -0.2) is 30.2 Å². The quantitative estimate of drug-likeness (QED) is 0.716.